The SMILES string of the molecule is Cc1nc2c(C(=O)NCCc3c[nH]c4ccccc34)cccc2[nH]1. The van der Waals surface area contributed by atoms with Gasteiger partial charge in [0.2, 0.25) is 0 Å². The molecule has 0 unspecified atom stereocenters. The molecule has 0 spiro atoms. The number of carbonyl (C=O) groups is 1. The van der Waals surface area contributed by atoms with Crippen molar-refractivity contribution in [2.75, 3.05) is 6.54 Å². The van der Waals surface area contributed by atoms with Crippen molar-refractivity contribution in [1.29, 1.82) is 0 Å². The van der Waals surface area contributed by atoms with Gasteiger partial charge in [-0.05, 0) is 37.1 Å². The summed E-state index contributed by atoms with van der Waals surface area (Å²) in [6.45, 7) is 2.47. The first kappa shape index (κ1) is 14.5. The van der Waals surface area contributed by atoms with Crippen molar-refractivity contribution >= 4 is 27.8 Å². The van der Waals surface area contributed by atoms with Crippen molar-refractivity contribution < 1.29 is 4.79 Å². The van der Waals surface area contributed by atoms with Crippen LogP contribution in [0.2, 0.25) is 0 Å². The van der Waals surface area contributed by atoms with Crippen LogP contribution < -0.4 is 5.32 Å². The number of rotatable bonds is 4. The average molecular weight is 318 g/mol. The zero-order valence-corrected chi connectivity index (χ0v) is 13.4. The fourth-order valence-corrected chi connectivity index (χ4v) is 3.08. The number of aromatic nitrogens is 3. The Balaban J connectivity index is 1.48. The van der Waals surface area contributed by atoms with Gasteiger partial charge in [-0.25, -0.2) is 4.98 Å². The molecule has 0 saturated carbocycles. The van der Waals surface area contributed by atoms with Gasteiger partial charge in [-0.15, -0.1) is 0 Å². The van der Waals surface area contributed by atoms with Gasteiger partial charge in [0.1, 0.15) is 11.3 Å². The van der Waals surface area contributed by atoms with E-state index < -0.39 is 0 Å². The van der Waals surface area contributed by atoms with Crippen molar-refractivity contribution in [3.05, 3.63) is 65.6 Å². The summed E-state index contributed by atoms with van der Waals surface area (Å²) < 4.78 is 0. The lowest BCUT2D eigenvalue weighted by Crippen LogP contribution is -2.25. The third-order valence-corrected chi connectivity index (χ3v) is 4.23. The van der Waals surface area contributed by atoms with Crippen LogP contribution in [-0.2, 0) is 6.42 Å². The molecule has 3 N–H and O–H groups in total. The molecule has 120 valence electrons. The molecule has 5 heteroatoms. The number of benzene rings is 2. The molecule has 0 radical (unpaired) electrons. The van der Waals surface area contributed by atoms with E-state index in [1.54, 1.807) is 0 Å². The van der Waals surface area contributed by atoms with E-state index in [-0.39, 0.29) is 5.91 Å². The normalized spacial score (nSPS) is 11.2. The summed E-state index contributed by atoms with van der Waals surface area (Å²) in [7, 11) is 0. The molecule has 0 bridgehead atoms. The molecule has 0 aliphatic rings. The first-order valence-electron chi connectivity index (χ1n) is 8.01. The van der Waals surface area contributed by atoms with Crippen LogP contribution in [0.4, 0.5) is 0 Å². The molecule has 0 aliphatic heterocycles. The second-order valence-corrected chi connectivity index (χ2v) is 5.89. The predicted molar refractivity (Wildman–Crippen MR) is 95.2 cm³/mol. The Hall–Kier alpha value is -3.08. The molecular formula is C19H18N4O. The summed E-state index contributed by atoms with van der Waals surface area (Å²) in [5.41, 5.74) is 4.54. The lowest BCUT2D eigenvalue weighted by atomic mass is 10.1. The van der Waals surface area contributed by atoms with E-state index in [4.69, 9.17) is 0 Å². The van der Waals surface area contributed by atoms with Crippen molar-refractivity contribution in [1.82, 2.24) is 20.3 Å². The minimum absolute atomic E-state index is 0.0908. The number of hydrogen-bond donors (Lipinski definition) is 3. The van der Waals surface area contributed by atoms with Crippen molar-refractivity contribution in [3.8, 4) is 0 Å². The van der Waals surface area contributed by atoms with Crippen molar-refractivity contribution in [3.63, 3.8) is 0 Å². The monoisotopic (exact) mass is 318 g/mol. The Kier molecular flexibility index (Phi) is 3.54. The summed E-state index contributed by atoms with van der Waals surface area (Å²) >= 11 is 0. The first-order chi connectivity index (χ1) is 11.7. The highest BCUT2D eigenvalue weighted by molar-refractivity contribution is 6.04. The van der Waals surface area contributed by atoms with E-state index in [1.165, 1.54) is 10.9 Å². The summed E-state index contributed by atoms with van der Waals surface area (Å²) in [5, 5.41) is 4.20. The largest absolute Gasteiger partial charge is 0.361 e. The zero-order valence-electron chi connectivity index (χ0n) is 13.4. The summed E-state index contributed by atoms with van der Waals surface area (Å²) in [5.74, 6) is 0.719. The highest BCUT2D eigenvalue weighted by atomic mass is 16.1. The quantitative estimate of drug-likeness (QED) is 0.540. The maximum Gasteiger partial charge on any atom is 0.253 e. The van der Waals surface area contributed by atoms with Gasteiger partial charge in [0, 0.05) is 23.6 Å². The Labute approximate surface area is 139 Å². The maximum absolute atomic E-state index is 12.5. The molecule has 0 atom stereocenters. The van der Waals surface area contributed by atoms with Crippen LogP contribution in [0.5, 0.6) is 0 Å². The maximum atomic E-state index is 12.5. The number of H-pyrrole nitrogens is 2. The smallest absolute Gasteiger partial charge is 0.253 e. The van der Waals surface area contributed by atoms with Gasteiger partial charge in [-0.2, -0.15) is 0 Å². The van der Waals surface area contributed by atoms with Gasteiger partial charge in [0.05, 0.1) is 11.1 Å². The van der Waals surface area contributed by atoms with Crippen LogP contribution in [0, 0.1) is 6.92 Å². The Morgan fingerprint density at radius 1 is 1.12 bits per heavy atom. The van der Waals surface area contributed by atoms with Crippen molar-refractivity contribution in [2.24, 2.45) is 0 Å². The van der Waals surface area contributed by atoms with E-state index in [2.05, 4.69) is 32.4 Å². The second kappa shape index (κ2) is 5.85. The molecule has 2 aromatic carbocycles. The number of carbonyl (C=O) groups excluding carboxylic acids is 1. The summed E-state index contributed by atoms with van der Waals surface area (Å²) in [6.07, 6.45) is 2.79. The van der Waals surface area contributed by atoms with E-state index >= 15 is 0 Å². The zero-order chi connectivity index (χ0) is 16.5. The number of amides is 1. The van der Waals surface area contributed by atoms with Gasteiger partial charge in [0.25, 0.3) is 5.91 Å². The Morgan fingerprint density at radius 2 is 1.96 bits per heavy atom. The fourth-order valence-electron chi connectivity index (χ4n) is 3.08. The number of nitrogens with one attached hydrogen (secondary N) is 3. The summed E-state index contributed by atoms with van der Waals surface area (Å²) in [4.78, 5) is 23.3. The minimum atomic E-state index is -0.0908. The van der Waals surface area contributed by atoms with E-state index in [9.17, 15) is 4.79 Å². The molecular weight excluding hydrogens is 300 g/mol. The molecule has 5 nitrogen and oxygen atoms in total. The molecule has 0 fully saturated rings. The third kappa shape index (κ3) is 2.54. The molecule has 1 amide bonds. The number of nitrogens with zero attached hydrogens (tertiary/aromatic N) is 1. The Morgan fingerprint density at radius 3 is 2.88 bits per heavy atom. The highest BCUT2D eigenvalue weighted by Gasteiger charge is 2.12. The van der Waals surface area contributed by atoms with Gasteiger partial charge in [-0.1, -0.05) is 24.3 Å². The molecule has 4 rings (SSSR count). The highest BCUT2D eigenvalue weighted by Crippen LogP contribution is 2.18. The molecule has 24 heavy (non-hydrogen) atoms. The van der Waals surface area contributed by atoms with E-state index in [0.29, 0.717) is 12.1 Å². The van der Waals surface area contributed by atoms with Crippen LogP contribution in [0.15, 0.2) is 48.7 Å². The molecule has 0 aliphatic carbocycles. The van der Waals surface area contributed by atoms with Crippen LogP contribution in [0.1, 0.15) is 21.7 Å². The first-order valence-corrected chi connectivity index (χ1v) is 8.01. The van der Waals surface area contributed by atoms with Gasteiger partial charge >= 0.3 is 0 Å². The molecule has 4 aromatic rings. The number of imidazole rings is 1. The van der Waals surface area contributed by atoms with Crippen molar-refractivity contribution in [2.45, 2.75) is 13.3 Å². The van der Waals surface area contributed by atoms with E-state index in [0.717, 1.165) is 28.8 Å². The van der Waals surface area contributed by atoms with Crippen LogP contribution in [0.25, 0.3) is 21.9 Å². The minimum Gasteiger partial charge on any atom is -0.361 e. The van der Waals surface area contributed by atoms with Crippen LogP contribution >= 0.6 is 0 Å². The number of hydrogen-bond acceptors (Lipinski definition) is 2. The van der Waals surface area contributed by atoms with Crippen LogP contribution in [-0.4, -0.2) is 27.4 Å². The second-order valence-electron chi connectivity index (χ2n) is 5.89. The lowest BCUT2D eigenvalue weighted by molar-refractivity contribution is 0.0955. The van der Waals surface area contributed by atoms with Gasteiger partial charge < -0.3 is 15.3 Å². The summed E-state index contributed by atoms with van der Waals surface area (Å²) in [6, 6.07) is 13.8. The van der Waals surface area contributed by atoms with Gasteiger partial charge in [-0.3, -0.25) is 4.79 Å². The molecule has 2 aromatic heterocycles. The third-order valence-electron chi connectivity index (χ3n) is 4.23. The van der Waals surface area contributed by atoms with E-state index in [1.807, 2.05) is 43.5 Å². The topological polar surface area (TPSA) is 73.6 Å². The lowest BCUT2D eigenvalue weighted by Gasteiger charge is -2.05. The van der Waals surface area contributed by atoms with Gasteiger partial charge in [0.15, 0.2) is 0 Å². The number of aryl methyl sites for hydroxylation is 1. The number of fused-ring (bicyclic) bond motifs is 2. The molecule has 2 heterocycles. The van der Waals surface area contributed by atoms with Crippen LogP contribution in [0.3, 0.4) is 0 Å². The standard InChI is InChI=1S/C19H18N4O/c1-12-22-17-8-4-6-15(18(17)23-12)19(24)20-10-9-13-11-21-16-7-3-2-5-14(13)16/h2-8,11,21H,9-10H2,1H3,(H,20,24)(H,22,23). The number of aromatic amines is 2. The number of para-hydroxylation sites is 2. The Bertz CT molecular complexity index is 1030. The molecule has 0 saturated heterocycles. The average Bonchev–Trinajstić information content (AvgIpc) is 3.17. The fraction of sp³-hybridized carbons (Fsp3) is 0.158. The predicted octanol–water partition coefficient (Wildman–Crippen LogP) is 3.33.